The summed E-state index contributed by atoms with van der Waals surface area (Å²) < 4.78 is 48.0. The number of benzene rings is 2. The minimum Gasteiger partial charge on any atom is -0.490 e. The molecule has 0 saturated carbocycles. The molecule has 27 heavy (non-hydrogen) atoms. The molecule has 0 atom stereocenters. The average molecular weight is 379 g/mol. The van der Waals surface area contributed by atoms with Crippen LogP contribution in [-0.4, -0.2) is 19.1 Å². The highest BCUT2D eigenvalue weighted by molar-refractivity contribution is 5.91. The van der Waals surface area contributed by atoms with Gasteiger partial charge in [0.2, 0.25) is 5.91 Å². The Kier molecular flexibility index (Phi) is 7.28. The molecule has 4 nitrogen and oxygen atoms in total. The topological polar surface area (TPSA) is 47.6 Å². The fourth-order valence-corrected chi connectivity index (χ4v) is 2.26. The van der Waals surface area contributed by atoms with E-state index in [1.165, 1.54) is 36.4 Å². The van der Waals surface area contributed by atoms with Crippen LogP contribution in [0.2, 0.25) is 0 Å². The maximum Gasteiger partial charge on any atom is 0.387 e. The standard InChI is InChI=1S/C20H20F3NO3/c1-3-26-18-11-14(6-8-17(18)27-20(22)23)7-9-19(25)24-12-15-5-4-13(2)16(21)10-15/h4-11,20H,3,12H2,1-2H3,(H,24,25)/b9-7+. The molecule has 7 heteroatoms. The van der Waals surface area contributed by atoms with E-state index in [1.807, 2.05) is 0 Å². The Morgan fingerprint density at radius 3 is 2.63 bits per heavy atom. The number of hydrogen-bond donors (Lipinski definition) is 1. The quantitative estimate of drug-likeness (QED) is 0.689. The van der Waals surface area contributed by atoms with Gasteiger partial charge >= 0.3 is 6.61 Å². The highest BCUT2D eigenvalue weighted by atomic mass is 19.3. The van der Waals surface area contributed by atoms with Crippen LogP contribution in [0, 0.1) is 12.7 Å². The molecular weight excluding hydrogens is 359 g/mol. The van der Waals surface area contributed by atoms with Crippen LogP contribution in [-0.2, 0) is 11.3 Å². The molecule has 0 spiro atoms. The van der Waals surface area contributed by atoms with Gasteiger partial charge in [-0.1, -0.05) is 18.2 Å². The third-order valence-electron chi connectivity index (χ3n) is 3.61. The number of rotatable bonds is 8. The molecule has 0 saturated heterocycles. The molecule has 2 aromatic carbocycles. The van der Waals surface area contributed by atoms with Crippen molar-refractivity contribution in [3.63, 3.8) is 0 Å². The van der Waals surface area contributed by atoms with Crippen LogP contribution in [0.5, 0.6) is 11.5 Å². The van der Waals surface area contributed by atoms with Crippen molar-refractivity contribution in [2.75, 3.05) is 6.61 Å². The van der Waals surface area contributed by atoms with Crippen molar-refractivity contribution in [3.8, 4) is 11.5 Å². The lowest BCUT2D eigenvalue weighted by Gasteiger charge is -2.11. The Labute approximate surface area is 155 Å². The Morgan fingerprint density at radius 1 is 1.19 bits per heavy atom. The van der Waals surface area contributed by atoms with Gasteiger partial charge in [-0.2, -0.15) is 8.78 Å². The summed E-state index contributed by atoms with van der Waals surface area (Å²) in [6, 6.07) is 9.13. The number of aryl methyl sites for hydroxylation is 1. The lowest BCUT2D eigenvalue weighted by atomic mass is 10.1. The van der Waals surface area contributed by atoms with E-state index in [2.05, 4.69) is 10.1 Å². The molecule has 2 rings (SSSR count). The van der Waals surface area contributed by atoms with Crippen molar-refractivity contribution in [1.82, 2.24) is 5.32 Å². The summed E-state index contributed by atoms with van der Waals surface area (Å²) in [5, 5.41) is 2.65. The number of hydrogen-bond acceptors (Lipinski definition) is 3. The summed E-state index contributed by atoms with van der Waals surface area (Å²) in [5.74, 6) is -0.612. The number of nitrogens with one attached hydrogen (secondary N) is 1. The number of ether oxygens (including phenoxy) is 2. The van der Waals surface area contributed by atoms with Gasteiger partial charge in [0.1, 0.15) is 5.82 Å². The fourth-order valence-electron chi connectivity index (χ4n) is 2.26. The van der Waals surface area contributed by atoms with Gasteiger partial charge < -0.3 is 14.8 Å². The first-order chi connectivity index (χ1) is 12.9. The van der Waals surface area contributed by atoms with Crippen molar-refractivity contribution in [3.05, 3.63) is 65.0 Å². The van der Waals surface area contributed by atoms with Gasteiger partial charge in [0.25, 0.3) is 0 Å². The van der Waals surface area contributed by atoms with E-state index in [0.717, 1.165) is 0 Å². The summed E-state index contributed by atoms with van der Waals surface area (Å²) in [6.45, 7) is 0.888. The second-order valence-electron chi connectivity index (χ2n) is 5.65. The van der Waals surface area contributed by atoms with E-state index in [9.17, 15) is 18.0 Å². The molecule has 1 N–H and O–H groups in total. The average Bonchev–Trinajstić information content (AvgIpc) is 2.62. The molecule has 0 aliphatic rings. The number of carbonyl (C=O) groups is 1. The third-order valence-corrected chi connectivity index (χ3v) is 3.61. The van der Waals surface area contributed by atoms with E-state index < -0.39 is 6.61 Å². The summed E-state index contributed by atoms with van der Waals surface area (Å²) in [6.07, 6.45) is 2.81. The SMILES string of the molecule is CCOc1cc(/C=C/C(=O)NCc2ccc(C)c(F)c2)ccc1OC(F)F. The van der Waals surface area contributed by atoms with E-state index in [4.69, 9.17) is 4.74 Å². The largest absolute Gasteiger partial charge is 0.490 e. The monoisotopic (exact) mass is 379 g/mol. The van der Waals surface area contributed by atoms with E-state index in [-0.39, 0.29) is 36.4 Å². The van der Waals surface area contributed by atoms with Gasteiger partial charge in [-0.05, 0) is 54.8 Å². The predicted molar refractivity (Wildman–Crippen MR) is 96.3 cm³/mol. The Morgan fingerprint density at radius 2 is 1.96 bits per heavy atom. The minimum atomic E-state index is -2.96. The van der Waals surface area contributed by atoms with Gasteiger partial charge in [0.15, 0.2) is 11.5 Å². The Hall–Kier alpha value is -2.96. The highest BCUT2D eigenvalue weighted by Gasteiger charge is 2.11. The zero-order valence-electron chi connectivity index (χ0n) is 15.0. The first-order valence-electron chi connectivity index (χ1n) is 8.31. The molecule has 0 fully saturated rings. The minimum absolute atomic E-state index is 0.0742. The van der Waals surface area contributed by atoms with Crippen molar-refractivity contribution in [1.29, 1.82) is 0 Å². The van der Waals surface area contributed by atoms with Crippen molar-refractivity contribution >= 4 is 12.0 Å². The maximum absolute atomic E-state index is 13.5. The van der Waals surface area contributed by atoms with Crippen LogP contribution in [0.1, 0.15) is 23.6 Å². The van der Waals surface area contributed by atoms with E-state index in [0.29, 0.717) is 16.7 Å². The summed E-state index contributed by atoms with van der Waals surface area (Å²) in [7, 11) is 0. The lowest BCUT2D eigenvalue weighted by Crippen LogP contribution is -2.20. The van der Waals surface area contributed by atoms with Crippen LogP contribution in [0.3, 0.4) is 0 Å². The van der Waals surface area contributed by atoms with Crippen molar-refractivity contribution in [2.24, 2.45) is 0 Å². The second-order valence-corrected chi connectivity index (χ2v) is 5.65. The van der Waals surface area contributed by atoms with E-state index in [1.54, 1.807) is 26.0 Å². The van der Waals surface area contributed by atoms with Crippen LogP contribution in [0.4, 0.5) is 13.2 Å². The molecule has 0 unspecified atom stereocenters. The maximum atomic E-state index is 13.5. The molecule has 0 bridgehead atoms. The van der Waals surface area contributed by atoms with Crippen LogP contribution in [0.15, 0.2) is 42.5 Å². The molecule has 0 aliphatic heterocycles. The van der Waals surface area contributed by atoms with E-state index >= 15 is 0 Å². The van der Waals surface area contributed by atoms with Gasteiger partial charge in [0, 0.05) is 12.6 Å². The molecule has 0 aromatic heterocycles. The first-order valence-corrected chi connectivity index (χ1v) is 8.31. The van der Waals surface area contributed by atoms with Crippen molar-refractivity contribution in [2.45, 2.75) is 27.0 Å². The molecule has 1 amide bonds. The number of amides is 1. The van der Waals surface area contributed by atoms with Gasteiger partial charge in [0.05, 0.1) is 6.61 Å². The van der Waals surface area contributed by atoms with Gasteiger partial charge in [-0.3, -0.25) is 4.79 Å². The molecule has 0 heterocycles. The Balaban J connectivity index is 2.00. The lowest BCUT2D eigenvalue weighted by molar-refractivity contribution is -0.116. The number of halogens is 3. The Bertz CT molecular complexity index is 822. The van der Waals surface area contributed by atoms with Gasteiger partial charge in [-0.25, -0.2) is 4.39 Å². The smallest absolute Gasteiger partial charge is 0.387 e. The van der Waals surface area contributed by atoms with Crippen molar-refractivity contribution < 1.29 is 27.4 Å². The summed E-state index contributed by atoms with van der Waals surface area (Å²) in [4.78, 5) is 11.9. The van der Waals surface area contributed by atoms with Gasteiger partial charge in [-0.15, -0.1) is 0 Å². The number of alkyl halides is 2. The van der Waals surface area contributed by atoms with Crippen LogP contribution in [0.25, 0.3) is 6.08 Å². The molecule has 2 aromatic rings. The predicted octanol–water partition coefficient (Wildman–Crippen LogP) is 4.46. The normalized spacial score (nSPS) is 11.0. The molecule has 144 valence electrons. The molecule has 0 radical (unpaired) electrons. The second kappa shape index (κ2) is 9.66. The zero-order valence-corrected chi connectivity index (χ0v) is 15.0. The van der Waals surface area contributed by atoms with Crippen LogP contribution >= 0.6 is 0 Å². The molecular formula is C20H20F3NO3. The first kappa shape index (κ1) is 20.4. The summed E-state index contributed by atoms with van der Waals surface area (Å²) in [5.41, 5.74) is 1.76. The third kappa shape index (κ3) is 6.36. The number of carbonyl (C=O) groups excluding carboxylic acids is 1. The molecule has 0 aliphatic carbocycles. The van der Waals surface area contributed by atoms with Crippen LogP contribution < -0.4 is 14.8 Å². The fraction of sp³-hybridized carbons (Fsp3) is 0.250. The summed E-state index contributed by atoms with van der Waals surface area (Å²) >= 11 is 0. The highest BCUT2D eigenvalue weighted by Crippen LogP contribution is 2.30. The zero-order chi connectivity index (χ0) is 19.8.